The van der Waals surface area contributed by atoms with Gasteiger partial charge < -0.3 is 15.8 Å². The first kappa shape index (κ1) is 14.9. The van der Waals surface area contributed by atoms with E-state index in [-0.39, 0.29) is 6.54 Å². The Morgan fingerprint density at radius 2 is 1.50 bits per heavy atom. The highest BCUT2D eigenvalue weighted by Gasteiger charge is 2.29. The van der Waals surface area contributed by atoms with Crippen molar-refractivity contribution in [2.45, 2.75) is 5.60 Å². The van der Waals surface area contributed by atoms with Crippen LogP contribution in [0.15, 0.2) is 67.0 Å². The summed E-state index contributed by atoms with van der Waals surface area (Å²) in [7, 11) is 0. The lowest BCUT2D eigenvalue weighted by atomic mass is 9.86. The van der Waals surface area contributed by atoms with E-state index in [1.165, 1.54) is 0 Å². The predicted molar refractivity (Wildman–Crippen MR) is 89.7 cm³/mol. The van der Waals surface area contributed by atoms with Gasteiger partial charge in [0.15, 0.2) is 0 Å². The number of aromatic amines is 1. The Hall–Kier alpha value is -2.07. The molecule has 1 aromatic heterocycles. The minimum absolute atomic E-state index is 0.0954. The van der Waals surface area contributed by atoms with E-state index in [1.807, 2.05) is 42.7 Å². The molecular formula is C18H17ClN2O. The second-order valence-electron chi connectivity index (χ2n) is 5.25. The summed E-state index contributed by atoms with van der Waals surface area (Å²) in [6.45, 7) is 0.0954. The monoisotopic (exact) mass is 312 g/mol. The summed E-state index contributed by atoms with van der Waals surface area (Å²) in [5.41, 5.74) is 8.31. The number of aromatic nitrogens is 1. The Morgan fingerprint density at radius 1 is 0.909 bits per heavy atom. The lowest BCUT2D eigenvalue weighted by molar-refractivity contribution is 0.0902. The third kappa shape index (κ3) is 2.66. The zero-order chi connectivity index (χ0) is 15.6. The number of aliphatic hydroxyl groups is 1. The lowest BCUT2D eigenvalue weighted by Gasteiger charge is -2.28. The van der Waals surface area contributed by atoms with Gasteiger partial charge in [-0.25, -0.2) is 0 Å². The molecule has 2 aromatic carbocycles. The molecule has 0 aliphatic heterocycles. The number of hydrogen-bond donors (Lipinski definition) is 3. The van der Waals surface area contributed by atoms with Crippen molar-refractivity contribution >= 4 is 11.6 Å². The van der Waals surface area contributed by atoms with Crippen molar-refractivity contribution in [3.8, 4) is 11.1 Å². The van der Waals surface area contributed by atoms with Gasteiger partial charge in [0.25, 0.3) is 0 Å². The Kier molecular flexibility index (Phi) is 4.03. The van der Waals surface area contributed by atoms with Gasteiger partial charge in [0, 0.05) is 24.0 Å². The van der Waals surface area contributed by atoms with Crippen LogP contribution in [0.3, 0.4) is 0 Å². The van der Waals surface area contributed by atoms with Crippen molar-refractivity contribution in [2.75, 3.05) is 6.54 Å². The zero-order valence-electron chi connectivity index (χ0n) is 12.0. The van der Waals surface area contributed by atoms with E-state index in [9.17, 15) is 5.11 Å². The first-order chi connectivity index (χ1) is 10.6. The highest BCUT2D eigenvalue weighted by atomic mass is 35.5. The van der Waals surface area contributed by atoms with Crippen LogP contribution in [0.5, 0.6) is 0 Å². The molecule has 0 aliphatic carbocycles. The van der Waals surface area contributed by atoms with Gasteiger partial charge in [-0.15, -0.1) is 0 Å². The Morgan fingerprint density at radius 3 is 2.00 bits per heavy atom. The summed E-state index contributed by atoms with van der Waals surface area (Å²) in [6, 6.07) is 16.9. The van der Waals surface area contributed by atoms with Gasteiger partial charge in [-0.3, -0.25) is 0 Å². The Labute approximate surface area is 134 Å². The van der Waals surface area contributed by atoms with Crippen LogP contribution in [-0.4, -0.2) is 16.6 Å². The molecule has 0 radical (unpaired) electrons. The van der Waals surface area contributed by atoms with Gasteiger partial charge in [0.1, 0.15) is 5.60 Å². The van der Waals surface area contributed by atoms with Crippen LogP contribution in [0.4, 0.5) is 0 Å². The fourth-order valence-corrected chi connectivity index (χ4v) is 2.70. The number of nitrogens with one attached hydrogen (secondary N) is 1. The van der Waals surface area contributed by atoms with Gasteiger partial charge in [0.2, 0.25) is 0 Å². The zero-order valence-corrected chi connectivity index (χ0v) is 12.7. The molecule has 3 nitrogen and oxygen atoms in total. The van der Waals surface area contributed by atoms with E-state index in [2.05, 4.69) is 4.98 Å². The first-order valence-electron chi connectivity index (χ1n) is 7.06. The quantitative estimate of drug-likeness (QED) is 0.690. The Bertz CT molecular complexity index is 736. The third-order valence-corrected chi connectivity index (χ3v) is 4.16. The standard InChI is InChI=1S/C18H17ClN2O/c19-17-7-5-16(6-8-17)18(22,12-20)15-3-1-13(2-4-15)14-9-10-21-11-14/h1-11,21-22H,12,20H2/t18-/m0/s1. The predicted octanol–water partition coefficient (Wildman–Crippen LogP) is 3.53. The molecule has 0 aliphatic rings. The van der Waals surface area contributed by atoms with Crippen molar-refractivity contribution in [2.24, 2.45) is 5.73 Å². The van der Waals surface area contributed by atoms with E-state index in [4.69, 9.17) is 17.3 Å². The molecule has 0 fully saturated rings. The maximum atomic E-state index is 11.0. The Balaban J connectivity index is 1.98. The fraction of sp³-hybridized carbons (Fsp3) is 0.111. The molecule has 3 rings (SSSR count). The molecule has 4 heteroatoms. The fourth-order valence-electron chi connectivity index (χ4n) is 2.57. The summed E-state index contributed by atoms with van der Waals surface area (Å²) in [5.74, 6) is 0. The lowest BCUT2D eigenvalue weighted by Crippen LogP contribution is -2.36. The second kappa shape index (κ2) is 5.97. The van der Waals surface area contributed by atoms with Gasteiger partial charge in [0.05, 0.1) is 0 Å². The summed E-state index contributed by atoms with van der Waals surface area (Å²) in [6.07, 6.45) is 3.82. The normalized spacial score (nSPS) is 13.8. The van der Waals surface area contributed by atoms with Crippen LogP contribution >= 0.6 is 11.6 Å². The number of H-pyrrole nitrogens is 1. The summed E-state index contributed by atoms with van der Waals surface area (Å²) < 4.78 is 0. The number of nitrogens with two attached hydrogens (primary N) is 1. The molecule has 0 saturated carbocycles. The van der Waals surface area contributed by atoms with Gasteiger partial charge in [-0.05, 0) is 40.5 Å². The first-order valence-corrected chi connectivity index (χ1v) is 7.43. The van der Waals surface area contributed by atoms with E-state index in [1.54, 1.807) is 24.3 Å². The van der Waals surface area contributed by atoms with Gasteiger partial charge in [-0.1, -0.05) is 48.0 Å². The number of halogens is 1. The van der Waals surface area contributed by atoms with E-state index in [0.29, 0.717) is 5.02 Å². The average Bonchev–Trinajstić information content (AvgIpc) is 3.09. The molecule has 0 bridgehead atoms. The van der Waals surface area contributed by atoms with Crippen LogP contribution in [0.1, 0.15) is 11.1 Å². The van der Waals surface area contributed by atoms with E-state index < -0.39 is 5.60 Å². The maximum Gasteiger partial charge on any atom is 0.127 e. The van der Waals surface area contributed by atoms with Crippen molar-refractivity contribution in [1.29, 1.82) is 0 Å². The molecule has 1 heterocycles. The molecule has 3 aromatic rings. The van der Waals surface area contributed by atoms with Crippen LogP contribution < -0.4 is 5.73 Å². The molecule has 4 N–H and O–H groups in total. The molecule has 0 saturated heterocycles. The summed E-state index contributed by atoms with van der Waals surface area (Å²) in [4.78, 5) is 3.03. The van der Waals surface area contributed by atoms with Gasteiger partial charge >= 0.3 is 0 Å². The smallest absolute Gasteiger partial charge is 0.127 e. The summed E-state index contributed by atoms with van der Waals surface area (Å²) >= 11 is 5.91. The number of rotatable bonds is 4. The SMILES string of the molecule is NC[C@@](O)(c1ccc(Cl)cc1)c1ccc(-c2cc[nH]c2)cc1. The van der Waals surface area contributed by atoms with Crippen molar-refractivity contribution < 1.29 is 5.11 Å². The molecule has 0 spiro atoms. The average molecular weight is 313 g/mol. The van der Waals surface area contributed by atoms with Crippen LogP contribution in [0, 0.1) is 0 Å². The van der Waals surface area contributed by atoms with Crippen molar-refractivity contribution in [1.82, 2.24) is 4.98 Å². The molecule has 1 atom stereocenters. The molecular weight excluding hydrogens is 296 g/mol. The third-order valence-electron chi connectivity index (χ3n) is 3.91. The highest BCUT2D eigenvalue weighted by Crippen LogP contribution is 2.31. The largest absolute Gasteiger partial charge is 0.379 e. The number of hydrogen-bond acceptors (Lipinski definition) is 2. The van der Waals surface area contributed by atoms with Crippen LogP contribution in [-0.2, 0) is 5.60 Å². The molecule has 0 amide bonds. The minimum atomic E-state index is -1.22. The van der Waals surface area contributed by atoms with Crippen molar-refractivity contribution in [3.05, 3.63) is 83.1 Å². The van der Waals surface area contributed by atoms with Crippen LogP contribution in [0.25, 0.3) is 11.1 Å². The van der Waals surface area contributed by atoms with Crippen molar-refractivity contribution in [3.63, 3.8) is 0 Å². The molecule has 0 unspecified atom stereocenters. The molecule has 22 heavy (non-hydrogen) atoms. The number of benzene rings is 2. The molecule has 112 valence electrons. The van der Waals surface area contributed by atoms with E-state index >= 15 is 0 Å². The van der Waals surface area contributed by atoms with E-state index in [0.717, 1.165) is 22.3 Å². The highest BCUT2D eigenvalue weighted by molar-refractivity contribution is 6.30. The topological polar surface area (TPSA) is 62.0 Å². The van der Waals surface area contributed by atoms with Gasteiger partial charge in [-0.2, -0.15) is 0 Å². The van der Waals surface area contributed by atoms with Crippen LogP contribution in [0.2, 0.25) is 5.02 Å². The minimum Gasteiger partial charge on any atom is -0.379 e. The second-order valence-corrected chi connectivity index (χ2v) is 5.68. The maximum absolute atomic E-state index is 11.0. The summed E-state index contributed by atoms with van der Waals surface area (Å²) in [5, 5.41) is 11.6.